The number of ketones is 1. The van der Waals surface area contributed by atoms with E-state index in [2.05, 4.69) is 0 Å². The Morgan fingerprint density at radius 2 is 1.14 bits per heavy atom. The molecule has 0 radical (unpaired) electrons. The topological polar surface area (TPSA) is 44.8 Å². The molecule has 1 aliphatic heterocycles. The standard InChI is InChI=1S/C25H28O4/c1-15-17(3)23(27-5)9-7-19(15)11-21-13-29-14-22(25(21)26)12-20-8-10-24(28-6)18(4)16(20)2/h7-12H,13-14H2,1-6H3. The summed E-state index contributed by atoms with van der Waals surface area (Å²) in [5.41, 5.74) is 7.69. The Morgan fingerprint density at radius 1 is 0.724 bits per heavy atom. The molecule has 4 nitrogen and oxygen atoms in total. The van der Waals surface area contributed by atoms with E-state index < -0.39 is 0 Å². The van der Waals surface area contributed by atoms with Crippen LogP contribution in [-0.2, 0) is 9.53 Å². The van der Waals surface area contributed by atoms with E-state index in [4.69, 9.17) is 14.2 Å². The Morgan fingerprint density at radius 3 is 1.52 bits per heavy atom. The van der Waals surface area contributed by atoms with Crippen molar-refractivity contribution in [3.63, 3.8) is 0 Å². The summed E-state index contributed by atoms with van der Waals surface area (Å²) in [6.07, 6.45) is 3.87. The lowest BCUT2D eigenvalue weighted by molar-refractivity contribution is -0.114. The van der Waals surface area contributed by atoms with E-state index in [1.807, 2.05) is 64.1 Å². The van der Waals surface area contributed by atoms with Crippen LogP contribution in [0.5, 0.6) is 11.5 Å². The minimum absolute atomic E-state index is 0.0389. The van der Waals surface area contributed by atoms with Gasteiger partial charge in [-0.05, 0) is 85.4 Å². The van der Waals surface area contributed by atoms with Crippen LogP contribution in [0.4, 0.5) is 0 Å². The molecule has 1 heterocycles. The Balaban J connectivity index is 1.96. The number of Topliss-reactive ketones (excluding diaryl/α,β-unsaturated/α-hetero) is 1. The normalized spacial score (nSPS) is 17.1. The second kappa shape index (κ2) is 8.66. The van der Waals surface area contributed by atoms with Crippen LogP contribution in [0.15, 0.2) is 35.4 Å². The van der Waals surface area contributed by atoms with E-state index in [0.717, 1.165) is 44.9 Å². The van der Waals surface area contributed by atoms with Gasteiger partial charge in [0.2, 0.25) is 0 Å². The number of carbonyl (C=O) groups is 1. The minimum atomic E-state index is 0.0389. The van der Waals surface area contributed by atoms with Gasteiger partial charge in [0.05, 0.1) is 27.4 Å². The maximum Gasteiger partial charge on any atom is 0.189 e. The number of benzene rings is 2. The van der Waals surface area contributed by atoms with Crippen molar-refractivity contribution in [1.82, 2.24) is 0 Å². The first-order valence-corrected chi connectivity index (χ1v) is 9.69. The fraction of sp³-hybridized carbons (Fsp3) is 0.320. The zero-order chi connectivity index (χ0) is 21.1. The van der Waals surface area contributed by atoms with Gasteiger partial charge in [-0.3, -0.25) is 4.79 Å². The molecule has 0 aromatic heterocycles. The number of hydrogen-bond donors (Lipinski definition) is 0. The third-order valence-corrected chi connectivity index (χ3v) is 5.76. The van der Waals surface area contributed by atoms with Crippen molar-refractivity contribution in [3.8, 4) is 11.5 Å². The molecule has 2 aromatic carbocycles. The van der Waals surface area contributed by atoms with Crippen molar-refractivity contribution in [3.05, 3.63) is 68.8 Å². The van der Waals surface area contributed by atoms with Crippen LogP contribution in [0.1, 0.15) is 33.4 Å². The predicted octanol–water partition coefficient (Wildman–Crippen LogP) is 5.00. The van der Waals surface area contributed by atoms with E-state index in [0.29, 0.717) is 24.4 Å². The summed E-state index contributed by atoms with van der Waals surface area (Å²) < 4.78 is 16.5. The zero-order valence-corrected chi connectivity index (χ0v) is 18.0. The molecular weight excluding hydrogens is 364 g/mol. The van der Waals surface area contributed by atoms with Gasteiger partial charge in [0.1, 0.15) is 11.5 Å². The van der Waals surface area contributed by atoms with Gasteiger partial charge < -0.3 is 14.2 Å². The van der Waals surface area contributed by atoms with Crippen molar-refractivity contribution in [1.29, 1.82) is 0 Å². The fourth-order valence-electron chi connectivity index (χ4n) is 3.59. The minimum Gasteiger partial charge on any atom is -0.496 e. The van der Waals surface area contributed by atoms with Crippen LogP contribution < -0.4 is 9.47 Å². The molecule has 0 N–H and O–H groups in total. The summed E-state index contributed by atoms with van der Waals surface area (Å²) in [6, 6.07) is 7.83. The largest absolute Gasteiger partial charge is 0.496 e. The Kier molecular flexibility index (Phi) is 6.23. The smallest absolute Gasteiger partial charge is 0.189 e. The summed E-state index contributed by atoms with van der Waals surface area (Å²) in [4.78, 5) is 13.1. The van der Waals surface area contributed by atoms with E-state index in [9.17, 15) is 4.79 Å². The molecule has 1 aliphatic rings. The average Bonchev–Trinajstić information content (AvgIpc) is 2.72. The van der Waals surface area contributed by atoms with Gasteiger partial charge in [-0.25, -0.2) is 0 Å². The molecule has 0 aliphatic carbocycles. The Bertz CT molecular complexity index is 932. The maximum absolute atomic E-state index is 13.1. The molecule has 0 saturated carbocycles. The highest BCUT2D eigenvalue weighted by Crippen LogP contribution is 2.29. The first-order valence-electron chi connectivity index (χ1n) is 9.69. The van der Waals surface area contributed by atoms with Crippen molar-refractivity contribution in [2.45, 2.75) is 27.7 Å². The van der Waals surface area contributed by atoms with Crippen molar-refractivity contribution >= 4 is 17.9 Å². The molecule has 0 amide bonds. The highest BCUT2D eigenvalue weighted by Gasteiger charge is 2.22. The summed E-state index contributed by atoms with van der Waals surface area (Å²) in [5.74, 6) is 1.74. The fourth-order valence-corrected chi connectivity index (χ4v) is 3.59. The molecule has 152 valence electrons. The first-order chi connectivity index (χ1) is 13.9. The van der Waals surface area contributed by atoms with Crippen molar-refractivity contribution < 1.29 is 19.0 Å². The van der Waals surface area contributed by atoms with Crippen LogP contribution >= 0.6 is 0 Å². The number of rotatable bonds is 4. The van der Waals surface area contributed by atoms with Gasteiger partial charge in [-0.2, -0.15) is 0 Å². The third kappa shape index (κ3) is 4.13. The van der Waals surface area contributed by atoms with Gasteiger partial charge in [0.25, 0.3) is 0 Å². The van der Waals surface area contributed by atoms with E-state index in [1.165, 1.54) is 0 Å². The molecule has 1 saturated heterocycles. The van der Waals surface area contributed by atoms with E-state index in [1.54, 1.807) is 14.2 Å². The summed E-state index contributed by atoms with van der Waals surface area (Å²) in [6.45, 7) is 8.77. The van der Waals surface area contributed by atoms with Crippen molar-refractivity contribution in [2.75, 3.05) is 27.4 Å². The lowest BCUT2D eigenvalue weighted by Gasteiger charge is -2.19. The maximum atomic E-state index is 13.1. The molecule has 0 bridgehead atoms. The number of hydrogen-bond acceptors (Lipinski definition) is 4. The molecule has 4 heteroatoms. The Hall–Kier alpha value is -2.85. The van der Waals surface area contributed by atoms with Crippen molar-refractivity contribution in [2.24, 2.45) is 0 Å². The zero-order valence-electron chi connectivity index (χ0n) is 18.0. The molecule has 0 unspecified atom stereocenters. The van der Waals surface area contributed by atoms with Gasteiger partial charge in [0, 0.05) is 11.1 Å². The Labute approximate surface area is 172 Å². The second-order valence-corrected chi connectivity index (χ2v) is 7.38. The average molecular weight is 392 g/mol. The van der Waals surface area contributed by atoms with E-state index >= 15 is 0 Å². The summed E-state index contributed by atoms with van der Waals surface area (Å²) in [5, 5.41) is 0. The molecule has 0 atom stereocenters. The molecule has 1 fully saturated rings. The van der Waals surface area contributed by atoms with Gasteiger partial charge in [-0.1, -0.05) is 12.1 Å². The second-order valence-electron chi connectivity index (χ2n) is 7.38. The monoisotopic (exact) mass is 392 g/mol. The van der Waals surface area contributed by atoms with Gasteiger partial charge in [-0.15, -0.1) is 0 Å². The SMILES string of the molecule is COc1ccc(C=C2COCC(=Cc3ccc(OC)c(C)c3C)C2=O)c(C)c1C. The van der Waals surface area contributed by atoms with Crippen LogP contribution in [0, 0.1) is 27.7 Å². The van der Waals surface area contributed by atoms with E-state index in [-0.39, 0.29) is 5.78 Å². The number of carbonyl (C=O) groups excluding carboxylic acids is 1. The van der Waals surface area contributed by atoms with Gasteiger partial charge >= 0.3 is 0 Å². The van der Waals surface area contributed by atoms with Gasteiger partial charge in [0.15, 0.2) is 5.78 Å². The molecule has 29 heavy (non-hydrogen) atoms. The lowest BCUT2D eigenvalue weighted by Crippen LogP contribution is -2.22. The first kappa shape index (κ1) is 20.9. The quantitative estimate of drug-likeness (QED) is 0.687. The van der Waals surface area contributed by atoms with Crippen LogP contribution in [0.2, 0.25) is 0 Å². The highest BCUT2D eigenvalue weighted by atomic mass is 16.5. The summed E-state index contributed by atoms with van der Waals surface area (Å²) >= 11 is 0. The van der Waals surface area contributed by atoms with Crippen LogP contribution in [0.3, 0.4) is 0 Å². The predicted molar refractivity (Wildman–Crippen MR) is 117 cm³/mol. The number of methoxy groups -OCH3 is 2. The lowest BCUT2D eigenvalue weighted by atomic mass is 9.94. The van der Waals surface area contributed by atoms with Crippen LogP contribution in [0.25, 0.3) is 12.2 Å². The molecule has 3 rings (SSSR count). The molecular formula is C25H28O4. The summed E-state index contributed by atoms with van der Waals surface area (Å²) in [7, 11) is 3.33. The molecule has 0 spiro atoms. The third-order valence-electron chi connectivity index (χ3n) is 5.76. The van der Waals surface area contributed by atoms with Crippen LogP contribution in [-0.4, -0.2) is 33.2 Å². The highest BCUT2D eigenvalue weighted by molar-refractivity contribution is 6.14. The number of ether oxygens (including phenoxy) is 3. The molecule has 2 aromatic rings.